The molecule has 4 nitrogen and oxygen atoms in total. The van der Waals surface area contributed by atoms with Crippen molar-refractivity contribution >= 4 is 17.2 Å². The first-order chi connectivity index (χ1) is 10.8. The normalized spacial score (nSPS) is 21.5. The van der Waals surface area contributed by atoms with E-state index in [9.17, 15) is 9.90 Å². The van der Waals surface area contributed by atoms with E-state index >= 15 is 0 Å². The van der Waals surface area contributed by atoms with Gasteiger partial charge in [-0.15, -0.1) is 11.3 Å². The summed E-state index contributed by atoms with van der Waals surface area (Å²) in [4.78, 5) is 17.1. The SMILES string of the molecule is COc1c(C(=O)N2CCCCC2CCO)sc2c1CCCC2. The van der Waals surface area contributed by atoms with E-state index in [1.165, 1.54) is 23.3 Å². The fourth-order valence-corrected chi connectivity index (χ4v) is 5.06. The van der Waals surface area contributed by atoms with Gasteiger partial charge in [-0.05, 0) is 51.4 Å². The Morgan fingerprint density at radius 1 is 1.32 bits per heavy atom. The summed E-state index contributed by atoms with van der Waals surface area (Å²) in [5, 5.41) is 9.26. The van der Waals surface area contributed by atoms with E-state index in [2.05, 4.69) is 0 Å². The van der Waals surface area contributed by atoms with Gasteiger partial charge >= 0.3 is 0 Å². The number of hydrogen-bond donors (Lipinski definition) is 1. The van der Waals surface area contributed by atoms with Crippen LogP contribution in [-0.4, -0.2) is 42.2 Å². The second-order valence-electron chi connectivity index (χ2n) is 6.23. The van der Waals surface area contributed by atoms with E-state index in [0.29, 0.717) is 6.42 Å². The molecule has 1 aliphatic heterocycles. The monoisotopic (exact) mass is 323 g/mol. The molecule has 122 valence electrons. The van der Waals surface area contributed by atoms with Crippen LogP contribution in [0.1, 0.15) is 58.6 Å². The van der Waals surface area contributed by atoms with E-state index in [-0.39, 0.29) is 18.6 Å². The van der Waals surface area contributed by atoms with Gasteiger partial charge in [0.1, 0.15) is 10.6 Å². The molecule has 0 saturated carbocycles. The van der Waals surface area contributed by atoms with Crippen molar-refractivity contribution in [2.24, 2.45) is 0 Å². The van der Waals surface area contributed by atoms with E-state index in [0.717, 1.165) is 49.3 Å². The molecule has 1 unspecified atom stereocenters. The number of likely N-dealkylation sites (tertiary alicyclic amines) is 1. The molecule has 0 bridgehead atoms. The molecule has 2 heterocycles. The molecule has 0 spiro atoms. The Kier molecular flexibility index (Phi) is 5.03. The van der Waals surface area contributed by atoms with Gasteiger partial charge in [-0.25, -0.2) is 0 Å². The van der Waals surface area contributed by atoms with Gasteiger partial charge in [0.15, 0.2) is 0 Å². The summed E-state index contributed by atoms with van der Waals surface area (Å²) in [6, 6.07) is 0.176. The predicted octanol–water partition coefficient (Wildman–Crippen LogP) is 3.01. The molecule has 1 N–H and O–H groups in total. The van der Waals surface area contributed by atoms with Crippen LogP contribution in [0.3, 0.4) is 0 Å². The molecule has 0 radical (unpaired) electrons. The number of hydrogen-bond acceptors (Lipinski definition) is 4. The quantitative estimate of drug-likeness (QED) is 0.926. The molecular formula is C17H25NO3S. The van der Waals surface area contributed by atoms with Gasteiger partial charge in [-0.3, -0.25) is 4.79 Å². The molecule has 1 saturated heterocycles. The van der Waals surface area contributed by atoms with Crippen molar-refractivity contribution in [1.29, 1.82) is 0 Å². The third-order valence-electron chi connectivity index (χ3n) is 4.87. The number of methoxy groups -OCH3 is 1. The maximum atomic E-state index is 13.1. The van der Waals surface area contributed by atoms with E-state index < -0.39 is 0 Å². The molecule has 2 aliphatic rings. The van der Waals surface area contributed by atoms with Crippen molar-refractivity contribution in [3.63, 3.8) is 0 Å². The van der Waals surface area contributed by atoms with Crippen LogP contribution in [0.5, 0.6) is 5.75 Å². The first-order valence-corrected chi connectivity index (χ1v) is 9.18. The van der Waals surface area contributed by atoms with Gasteiger partial charge in [0.2, 0.25) is 0 Å². The lowest BCUT2D eigenvalue weighted by molar-refractivity contribution is 0.0576. The second kappa shape index (κ2) is 7.01. The average molecular weight is 323 g/mol. The number of fused-ring (bicyclic) bond motifs is 1. The minimum Gasteiger partial charge on any atom is -0.495 e. The number of ether oxygens (including phenoxy) is 1. The fourth-order valence-electron chi connectivity index (χ4n) is 3.74. The number of piperidine rings is 1. The topological polar surface area (TPSA) is 49.8 Å². The first kappa shape index (κ1) is 15.8. The molecule has 1 aromatic rings. The van der Waals surface area contributed by atoms with Crippen molar-refractivity contribution < 1.29 is 14.6 Å². The van der Waals surface area contributed by atoms with Crippen LogP contribution in [0, 0.1) is 0 Å². The Bertz CT molecular complexity index is 538. The molecule has 3 rings (SSSR count). The first-order valence-electron chi connectivity index (χ1n) is 8.36. The summed E-state index contributed by atoms with van der Waals surface area (Å²) in [6.45, 7) is 0.946. The molecule has 1 amide bonds. The molecule has 22 heavy (non-hydrogen) atoms. The van der Waals surface area contributed by atoms with Crippen LogP contribution in [0.2, 0.25) is 0 Å². The zero-order valence-electron chi connectivity index (χ0n) is 13.3. The van der Waals surface area contributed by atoms with E-state index in [1.807, 2.05) is 4.90 Å². The number of rotatable bonds is 4. The summed E-state index contributed by atoms with van der Waals surface area (Å²) in [7, 11) is 1.68. The number of aryl methyl sites for hydroxylation is 1. The Hall–Kier alpha value is -1.07. The third-order valence-corrected chi connectivity index (χ3v) is 6.13. The predicted molar refractivity (Wildman–Crippen MR) is 87.9 cm³/mol. The van der Waals surface area contributed by atoms with Crippen molar-refractivity contribution in [3.8, 4) is 5.75 Å². The maximum Gasteiger partial charge on any atom is 0.268 e. The lowest BCUT2D eigenvalue weighted by Crippen LogP contribution is -2.44. The summed E-state index contributed by atoms with van der Waals surface area (Å²) < 4.78 is 5.60. The van der Waals surface area contributed by atoms with Crippen LogP contribution in [0.15, 0.2) is 0 Å². The number of aliphatic hydroxyl groups excluding tert-OH is 1. The molecule has 1 atom stereocenters. The number of carbonyl (C=O) groups excluding carboxylic acids is 1. The zero-order valence-corrected chi connectivity index (χ0v) is 14.1. The van der Waals surface area contributed by atoms with Crippen LogP contribution in [0.4, 0.5) is 0 Å². The van der Waals surface area contributed by atoms with Gasteiger partial charge in [-0.2, -0.15) is 0 Å². The number of aliphatic hydroxyl groups is 1. The molecule has 1 aromatic heterocycles. The Labute approximate surface area is 136 Å². The highest BCUT2D eigenvalue weighted by Crippen LogP contribution is 2.41. The van der Waals surface area contributed by atoms with Gasteiger partial charge in [-0.1, -0.05) is 0 Å². The van der Waals surface area contributed by atoms with Crippen LogP contribution >= 0.6 is 11.3 Å². The average Bonchev–Trinajstić information content (AvgIpc) is 2.93. The number of nitrogens with zero attached hydrogens (tertiary/aromatic N) is 1. The number of amides is 1. The molecule has 1 fully saturated rings. The number of thiophene rings is 1. The van der Waals surface area contributed by atoms with Gasteiger partial charge in [0, 0.05) is 29.6 Å². The third kappa shape index (κ3) is 2.88. The second-order valence-corrected chi connectivity index (χ2v) is 7.34. The van der Waals surface area contributed by atoms with Crippen molar-refractivity contribution in [2.45, 2.75) is 57.4 Å². The van der Waals surface area contributed by atoms with Crippen LogP contribution in [-0.2, 0) is 12.8 Å². The minimum absolute atomic E-state index is 0.106. The van der Waals surface area contributed by atoms with Crippen LogP contribution in [0.25, 0.3) is 0 Å². The lowest BCUT2D eigenvalue weighted by atomic mass is 9.97. The van der Waals surface area contributed by atoms with E-state index in [1.54, 1.807) is 18.4 Å². The van der Waals surface area contributed by atoms with Crippen molar-refractivity contribution in [2.75, 3.05) is 20.3 Å². The van der Waals surface area contributed by atoms with Gasteiger partial charge in [0.05, 0.1) is 7.11 Å². The van der Waals surface area contributed by atoms with E-state index in [4.69, 9.17) is 4.74 Å². The van der Waals surface area contributed by atoms with Crippen molar-refractivity contribution in [3.05, 3.63) is 15.3 Å². The summed E-state index contributed by atoms with van der Waals surface area (Å²) in [6.07, 6.45) is 8.38. The largest absolute Gasteiger partial charge is 0.495 e. The molecular weight excluding hydrogens is 298 g/mol. The zero-order chi connectivity index (χ0) is 15.5. The van der Waals surface area contributed by atoms with Crippen molar-refractivity contribution in [1.82, 2.24) is 4.90 Å². The van der Waals surface area contributed by atoms with Crippen LogP contribution < -0.4 is 4.74 Å². The number of carbonyl (C=O) groups is 1. The highest BCUT2D eigenvalue weighted by Gasteiger charge is 2.32. The highest BCUT2D eigenvalue weighted by atomic mass is 32.1. The minimum atomic E-state index is 0.106. The standard InChI is InChI=1S/C17H25NO3S/c1-21-15-13-7-2-3-8-14(13)22-16(15)17(20)18-10-5-4-6-12(18)9-11-19/h12,19H,2-11H2,1H3. The fraction of sp³-hybridized carbons (Fsp3) is 0.706. The van der Waals surface area contributed by atoms with Gasteiger partial charge < -0.3 is 14.7 Å². The smallest absolute Gasteiger partial charge is 0.268 e. The highest BCUT2D eigenvalue weighted by molar-refractivity contribution is 7.14. The summed E-state index contributed by atoms with van der Waals surface area (Å²) in [5.74, 6) is 0.924. The Morgan fingerprint density at radius 3 is 2.91 bits per heavy atom. The lowest BCUT2D eigenvalue weighted by Gasteiger charge is -2.35. The summed E-state index contributed by atoms with van der Waals surface area (Å²) >= 11 is 1.63. The maximum absolute atomic E-state index is 13.1. The Morgan fingerprint density at radius 2 is 2.14 bits per heavy atom. The summed E-state index contributed by atoms with van der Waals surface area (Å²) in [5.41, 5.74) is 1.26. The molecule has 5 heteroatoms. The molecule has 0 aromatic carbocycles. The molecule has 1 aliphatic carbocycles. The Balaban J connectivity index is 1.89. The van der Waals surface area contributed by atoms with Gasteiger partial charge in [0.25, 0.3) is 5.91 Å².